The molecule has 1 aliphatic rings. The number of aromatic nitrogens is 2. The Labute approximate surface area is 90.9 Å². The highest BCUT2D eigenvalue weighted by Crippen LogP contribution is 1.93. The predicted molar refractivity (Wildman–Crippen MR) is 62.6 cm³/mol. The molecule has 0 saturated heterocycles. The van der Waals surface area contributed by atoms with Crippen LogP contribution in [0.5, 0.6) is 0 Å². The predicted octanol–water partition coefficient (Wildman–Crippen LogP) is 1.80. The zero-order valence-corrected chi connectivity index (χ0v) is 9.59. The molecule has 4 nitrogen and oxygen atoms in total. The normalized spacial score (nSPS) is 13.7. The molecule has 0 spiro atoms. The number of imidazole rings is 1. The van der Waals surface area contributed by atoms with Gasteiger partial charge in [0, 0.05) is 51.7 Å². The minimum atomic E-state index is 0.977. The smallest absolute Gasteiger partial charge is 0.108 e. The summed E-state index contributed by atoms with van der Waals surface area (Å²) in [5.41, 5.74) is 0. The molecule has 0 radical (unpaired) electrons. The van der Waals surface area contributed by atoms with Crippen molar-refractivity contribution < 1.29 is 0 Å². The lowest BCUT2D eigenvalue weighted by Crippen LogP contribution is -2.03. The summed E-state index contributed by atoms with van der Waals surface area (Å²) in [6, 6.07) is 0. The van der Waals surface area contributed by atoms with Crippen LogP contribution in [0.25, 0.3) is 0 Å². The van der Waals surface area contributed by atoms with Crippen molar-refractivity contribution in [1.82, 2.24) is 14.6 Å². The SMILES string of the molecule is CCc1nccn1C.CN1C=CCC=N1. The first kappa shape index (κ1) is 11.5. The van der Waals surface area contributed by atoms with Crippen molar-refractivity contribution in [1.29, 1.82) is 0 Å². The maximum Gasteiger partial charge on any atom is 0.108 e. The van der Waals surface area contributed by atoms with E-state index in [2.05, 4.69) is 23.1 Å². The van der Waals surface area contributed by atoms with Gasteiger partial charge in [0.2, 0.25) is 0 Å². The summed E-state index contributed by atoms with van der Waals surface area (Å²) >= 11 is 0. The summed E-state index contributed by atoms with van der Waals surface area (Å²) in [6.07, 6.45) is 11.7. The highest BCUT2D eigenvalue weighted by Gasteiger charge is 1.90. The van der Waals surface area contributed by atoms with Gasteiger partial charge in [0.05, 0.1) is 0 Å². The molecule has 2 heterocycles. The van der Waals surface area contributed by atoms with Crippen molar-refractivity contribution in [3.05, 3.63) is 30.5 Å². The zero-order valence-electron chi connectivity index (χ0n) is 9.59. The van der Waals surface area contributed by atoms with Crippen molar-refractivity contribution in [2.45, 2.75) is 19.8 Å². The van der Waals surface area contributed by atoms with E-state index >= 15 is 0 Å². The van der Waals surface area contributed by atoms with Gasteiger partial charge in [-0.15, -0.1) is 0 Å². The average Bonchev–Trinajstić information content (AvgIpc) is 2.66. The zero-order chi connectivity index (χ0) is 11.1. The maximum atomic E-state index is 4.10. The Morgan fingerprint density at radius 2 is 2.20 bits per heavy atom. The van der Waals surface area contributed by atoms with Crippen molar-refractivity contribution in [2.24, 2.45) is 12.1 Å². The van der Waals surface area contributed by atoms with Gasteiger partial charge in [-0.25, -0.2) is 4.98 Å². The fourth-order valence-electron chi connectivity index (χ4n) is 1.23. The van der Waals surface area contributed by atoms with E-state index in [-0.39, 0.29) is 0 Å². The minimum Gasteiger partial charge on any atom is -0.338 e. The number of hydrogen-bond acceptors (Lipinski definition) is 3. The molecule has 1 aliphatic heterocycles. The molecule has 0 aliphatic carbocycles. The topological polar surface area (TPSA) is 33.4 Å². The molecule has 0 saturated carbocycles. The summed E-state index contributed by atoms with van der Waals surface area (Å²) < 4.78 is 2.03. The summed E-state index contributed by atoms with van der Waals surface area (Å²) in [7, 11) is 3.91. The number of rotatable bonds is 1. The Morgan fingerprint density at radius 1 is 1.40 bits per heavy atom. The van der Waals surface area contributed by atoms with Gasteiger partial charge in [-0.05, 0) is 0 Å². The Morgan fingerprint density at radius 3 is 2.47 bits per heavy atom. The first-order valence-corrected chi connectivity index (χ1v) is 5.12. The van der Waals surface area contributed by atoms with Crippen molar-refractivity contribution in [2.75, 3.05) is 7.05 Å². The Hall–Kier alpha value is -1.58. The second-order valence-electron chi connectivity index (χ2n) is 3.30. The van der Waals surface area contributed by atoms with Crippen molar-refractivity contribution in [3.8, 4) is 0 Å². The lowest BCUT2D eigenvalue weighted by molar-refractivity contribution is 0.485. The quantitative estimate of drug-likeness (QED) is 0.702. The molecule has 0 atom stereocenters. The molecule has 1 aromatic rings. The molecule has 15 heavy (non-hydrogen) atoms. The van der Waals surface area contributed by atoms with Gasteiger partial charge in [-0.3, -0.25) is 5.01 Å². The molecular formula is C11H18N4. The van der Waals surface area contributed by atoms with Crippen LogP contribution in [-0.2, 0) is 13.5 Å². The number of allylic oxidation sites excluding steroid dienone is 1. The highest BCUT2D eigenvalue weighted by molar-refractivity contribution is 5.59. The van der Waals surface area contributed by atoms with Gasteiger partial charge in [0.1, 0.15) is 5.82 Å². The Kier molecular flexibility index (Phi) is 4.60. The first-order chi connectivity index (χ1) is 7.24. The molecule has 2 rings (SSSR count). The number of nitrogens with zero attached hydrogens (tertiary/aromatic N) is 4. The molecular weight excluding hydrogens is 188 g/mol. The molecule has 0 amide bonds. The van der Waals surface area contributed by atoms with E-state index < -0.39 is 0 Å². The van der Waals surface area contributed by atoms with Crippen LogP contribution < -0.4 is 0 Å². The highest BCUT2D eigenvalue weighted by atomic mass is 15.4. The molecule has 0 bridgehead atoms. The van der Waals surface area contributed by atoms with Crippen LogP contribution in [0.15, 0.2) is 29.8 Å². The fraction of sp³-hybridized carbons (Fsp3) is 0.455. The molecule has 0 N–H and O–H groups in total. The summed E-state index contributed by atoms with van der Waals surface area (Å²) in [6.45, 7) is 2.10. The van der Waals surface area contributed by atoms with E-state index in [1.54, 1.807) is 5.01 Å². The van der Waals surface area contributed by atoms with Gasteiger partial charge < -0.3 is 4.57 Å². The van der Waals surface area contributed by atoms with Gasteiger partial charge in [0.15, 0.2) is 0 Å². The molecule has 4 heteroatoms. The standard InChI is InChI=1S/C6H10N2.C5H8N2/c1-3-6-7-4-5-8(6)2;1-7-5-3-2-4-6-7/h4-5H,3H2,1-2H3;3-5H,2H2,1H3. The van der Waals surface area contributed by atoms with Gasteiger partial charge in [-0.2, -0.15) is 5.10 Å². The largest absolute Gasteiger partial charge is 0.338 e. The molecule has 0 unspecified atom stereocenters. The minimum absolute atomic E-state index is 0.977. The second-order valence-corrected chi connectivity index (χ2v) is 3.30. The van der Waals surface area contributed by atoms with Gasteiger partial charge in [0.25, 0.3) is 0 Å². The molecule has 1 aromatic heterocycles. The summed E-state index contributed by atoms with van der Waals surface area (Å²) in [5, 5.41) is 5.73. The monoisotopic (exact) mass is 206 g/mol. The number of hydrazone groups is 1. The average molecular weight is 206 g/mol. The van der Waals surface area contributed by atoms with Crippen LogP contribution in [0, 0.1) is 0 Å². The Bertz CT molecular complexity index is 326. The maximum absolute atomic E-state index is 4.10. The summed E-state index contributed by atoms with van der Waals surface area (Å²) in [4.78, 5) is 4.10. The van der Waals surface area contributed by atoms with E-state index in [1.807, 2.05) is 43.5 Å². The second kappa shape index (κ2) is 6.01. The van der Waals surface area contributed by atoms with Crippen molar-refractivity contribution in [3.63, 3.8) is 0 Å². The third-order valence-electron chi connectivity index (χ3n) is 2.06. The van der Waals surface area contributed by atoms with E-state index in [4.69, 9.17) is 0 Å². The van der Waals surface area contributed by atoms with Crippen LogP contribution >= 0.6 is 0 Å². The van der Waals surface area contributed by atoms with Crippen LogP contribution in [0.3, 0.4) is 0 Å². The number of hydrogen-bond donors (Lipinski definition) is 0. The fourth-order valence-corrected chi connectivity index (χ4v) is 1.23. The van der Waals surface area contributed by atoms with Crippen LogP contribution in [0.2, 0.25) is 0 Å². The lowest BCUT2D eigenvalue weighted by atomic mass is 10.4. The van der Waals surface area contributed by atoms with Crippen LogP contribution in [0.1, 0.15) is 19.2 Å². The van der Waals surface area contributed by atoms with Crippen molar-refractivity contribution >= 4 is 6.21 Å². The molecule has 0 aromatic carbocycles. The Balaban J connectivity index is 0.000000151. The number of aryl methyl sites for hydroxylation is 2. The van der Waals surface area contributed by atoms with E-state index in [9.17, 15) is 0 Å². The molecule has 82 valence electrons. The van der Waals surface area contributed by atoms with E-state index in [1.165, 1.54) is 0 Å². The molecule has 0 fully saturated rings. The lowest BCUT2D eigenvalue weighted by Gasteiger charge is -2.07. The van der Waals surface area contributed by atoms with E-state index in [0.717, 1.165) is 18.7 Å². The van der Waals surface area contributed by atoms with Crippen LogP contribution in [0.4, 0.5) is 0 Å². The third-order valence-corrected chi connectivity index (χ3v) is 2.06. The van der Waals surface area contributed by atoms with E-state index in [0.29, 0.717) is 0 Å². The van der Waals surface area contributed by atoms with Gasteiger partial charge in [-0.1, -0.05) is 13.0 Å². The summed E-state index contributed by atoms with van der Waals surface area (Å²) in [5.74, 6) is 1.14. The third kappa shape index (κ3) is 3.97. The van der Waals surface area contributed by atoms with Gasteiger partial charge >= 0.3 is 0 Å². The van der Waals surface area contributed by atoms with Crippen LogP contribution in [-0.4, -0.2) is 27.8 Å². The first-order valence-electron chi connectivity index (χ1n) is 5.12.